The average Bonchev–Trinajstić information content (AvgIpc) is 2.40. The van der Waals surface area contributed by atoms with E-state index >= 15 is 0 Å². The van der Waals surface area contributed by atoms with E-state index in [1.165, 1.54) is 0 Å². The van der Waals surface area contributed by atoms with Gasteiger partial charge in [-0.1, -0.05) is 20.8 Å². The van der Waals surface area contributed by atoms with Crippen LogP contribution in [-0.4, -0.2) is 34.3 Å². The van der Waals surface area contributed by atoms with Gasteiger partial charge in [0.25, 0.3) is 0 Å². The van der Waals surface area contributed by atoms with Gasteiger partial charge in [-0.2, -0.15) is 0 Å². The molecule has 1 heterocycles. The van der Waals surface area contributed by atoms with E-state index in [2.05, 4.69) is 34.4 Å². The van der Waals surface area contributed by atoms with Crippen LogP contribution in [0.1, 0.15) is 38.6 Å². The van der Waals surface area contributed by atoms with Crippen molar-refractivity contribution in [3.05, 3.63) is 11.4 Å². The van der Waals surface area contributed by atoms with Crippen molar-refractivity contribution in [3.63, 3.8) is 0 Å². The van der Waals surface area contributed by atoms with Gasteiger partial charge in [-0.25, -0.2) is 9.97 Å². The summed E-state index contributed by atoms with van der Waals surface area (Å²) in [5.41, 5.74) is 0.917. The zero-order chi connectivity index (χ0) is 14.2. The summed E-state index contributed by atoms with van der Waals surface area (Å²) in [5, 5.41) is 16.4. The summed E-state index contributed by atoms with van der Waals surface area (Å²) in [6.45, 7) is 8.21. The van der Waals surface area contributed by atoms with Gasteiger partial charge in [0.2, 0.25) is 0 Å². The van der Waals surface area contributed by atoms with Crippen LogP contribution < -0.4 is 10.6 Å². The Balaban J connectivity index is 2.25. The van der Waals surface area contributed by atoms with Crippen molar-refractivity contribution in [2.75, 3.05) is 17.7 Å². The van der Waals surface area contributed by atoms with E-state index in [0.717, 1.165) is 35.9 Å². The maximum atomic E-state index is 9.81. The van der Waals surface area contributed by atoms with Crippen LogP contribution in [0.25, 0.3) is 0 Å². The summed E-state index contributed by atoms with van der Waals surface area (Å²) in [4.78, 5) is 9.03. The largest absolute Gasteiger partial charge is 0.392 e. The highest BCUT2D eigenvalue weighted by molar-refractivity contribution is 5.57. The summed E-state index contributed by atoms with van der Waals surface area (Å²) >= 11 is 0. The molecule has 19 heavy (non-hydrogen) atoms. The average molecular weight is 264 g/mol. The third kappa shape index (κ3) is 2.39. The van der Waals surface area contributed by atoms with Crippen molar-refractivity contribution in [2.24, 2.45) is 5.41 Å². The number of anilines is 2. The van der Waals surface area contributed by atoms with Crippen LogP contribution in [0.3, 0.4) is 0 Å². The first-order valence-electron chi connectivity index (χ1n) is 6.90. The summed E-state index contributed by atoms with van der Waals surface area (Å²) in [7, 11) is 1.87. The minimum Gasteiger partial charge on any atom is -0.392 e. The lowest BCUT2D eigenvalue weighted by atomic mass is 9.64. The summed E-state index contributed by atoms with van der Waals surface area (Å²) in [6.07, 6.45) is 1.34. The lowest BCUT2D eigenvalue weighted by Gasteiger charge is -2.49. The van der Waals surface area contributed by atoms with Crippen molar-refractivity contribution in [1.29, 1.82) is 0 Å². The second-order valence-electron chi connectivity index (χ2n) is 5.84. The number of aryl methyl sites for hydroxylation is 1. The highest BCUT2D eigenvalue weighted by atomic mass is 16.3. The van der Waals surface area contributed by atoms with Gasteiger partial charge in [0.15, 0.2) is 0 Å². The fourth-order valence-corrected chi connectivity index (χ4v) is 2.42. The molecule has 0 bridgehead atoms. The Morgan fingerprint density at radius 3 is 2.42 bits per heavy atom. The molecule has 1 aromatic heterocycles. The molecular formula is C14H24N4O. The third-order valence-electron chi connectivity index (χ3n) is 4.27. The van der Waals surface area contributed by atoms with E-state index in [9.17, 15) is 5.11 Å². The van der Waals surface area contributed by atoms with Crippen LogP contribution in [-0.2, 0) is 6.42 Å². The first-order chi connectivity index (χ1) is 8.90. The minimum absolute atomic E-state index is 0.108. The Hall–Kier alpha value is -1.36. The monoisotopic (exact) mass is 264 g/mol. The molecule has 5 heteroatoms. The molecule has 5 nitrogen and oxygen atoms in total. The van der Waals surface area contributed by atoms with E-state index in [1.807, 2.05) is 20.9 Å². The predicted octanol–water partition coefficient (Wildman–Crippen LogP) is 1.96. The molecular weight excluding hydrogens is 240 g/mol. The Morgan fingerprint density at radius 1 is 1.32 bits per heavy atom. The molecule has 1 aromatic rings. The van der Waals surface area contributed by atoms with Gasteiger partial charge in [-0.15, -0.1) is 0 Å². The molecule has 2 atom stereocenters. The number of rotatable bonds is 4. The molecule has 1 aliphatic carbocycles. The second kappa shape index (κ2) is 4.96. The van der Waals surface area contributed by atoms with Crippen molar-refractivity contribution in [3.8, 4) is 0 Å². The normalized spacial score (nSPS) is 24.7. The van der Waals surface area contributed by atoms with Crippen molar-refractivity contribution in [1.82, 2.24) is 9.97 Å². The van der Waals surface area contributed by atoms with Gasteiger partial charge < -0.3 is 15.7 Å². The van der Waals surface area contributed by atoms with Crippen LogP contribution >= 0.6 is 0 Å². The van der Waals surface area contributed by atoms with E-state index in [-0.39, 0.29) is 17.6 Å². The molecule has 1 fully saturated rings. The Labute approximate surface area is 114 Å². The quantitative estimate of drug-likeness (QED) is 0.775. The fraction of sp³-hybridized carbons (Fsp3) is 0.714. The van der Waals surface area contributed by atoms with Crippen LogP contribution in [0.15, 0.2) is 0 Å². The van der Waals surface area contributed by atoms with Crippen LogP contribution in [0, 0.1) is 12.3 Å². The van der Waals surface area contributed by atoms with Crippen LogP contribution in [0.2, 0.25) is 0 Å². The van der Waals surface area contributed by atoms with E-state index < -0.39 is 0 Å². The maximum absolute atomic E-state index is 9.81. The number of aliphatic hydroxyl groups excluding tert-OH is 1. The Morgan fingerprint density at radius 2 is 1.95 bits per heavy atom. The van der Waals surface area contributed by atoms with Gasteiger partial charge in [0.05, 0.1) is 6.10 Å². The zero-order valence-corrected chi connectivity index (χ0v) is 12.4. The van der Waals surface area contributed by atoms with Gasteiger partial charge in [0, 0.05) is 30.5 Å². The molecule has 0 aromatic carbocycles. The predicted molar refractivity (Wildman–Crippen MR) is 77.5 cm³/mol. The van der Waals surface area contributed by atoms with Gasteiger partial charge in [-0.3, -0.25) is 0 Å². The molecule has 0 amide bonds. The van der Waals surface area contributed by atoms with Crippen LogP contribution in [0.5, 0.6) is 0 Å². The third-order valence-corrected chi connectivity index (χ3v) is 4.27. The lowest BCUT2D eigenvalue weighted by Crippen LogP contribution is -2.57. The molecule has 0 radical (unpaired) electrons. The number of hydrogen-bond acceptors (Lipinski definition) is 5. The van der Waals surface area contributed by atoms with E-state index in [4.69, 9.17) is 0 Å². The zero-order valence-electron chi connectivity index (χ0n) is 12.4. The van der Waals surface area contributed by atoms with Gasteiger partial charge in [-0.05, 0) is 13.3 Å². The molecule has 1 saturated carbocycles. The SMILES string of the molecule is CCc1nc(NC)c(C)c(NC2CC(O)C2(C)C)n1. The number of nitrogens with one attached hydrogen (secondary N) is 2. The Kier molecular flexibility index (Phi) is 3.67. The summed E-state index contributed by atoms with van der Waals surface area (Å²) in [5.74, 6) is 2.57. The van der Waals surface area contributed by atoms with E-state index in [0.29, 0.717) is 0 Å². The van der Waals surface area contributed by atoms with Gasteiger partial charge >= 0.3 is 0 Å². The standard InChI is InChI=1S/C14H24N4O/c1-6-11-17-12(15-5)8(2)13(18-11)16-9-7-10(19)14(9,3)4/h9-10,19H,6-7H2,1-5H3,(H2,15,16,17,18). The molecule has 2 unspecified atom stereocenters. The molecule has 2 rings (SSSR count). The van der Waals surface area contributed by atoms with Gasteiger partial charge in [0.1, 0.15) is 17.5 Å². The number of aliphatic hydroxyl groups is 1. The summed E-state index contributed by atoms with van der Waals surface area (Å²) in [6, 6.07) is 0.255. The number of nitrogens with zero attached hydrogens (tertiary/aromatic N) is 2. The van der Waals surface area contributed by atoms with Crippen molar-refractivity contribution in [2.45, 2.75) is 52.7 Å². The molecule has 3 N–H and O–H groups in total. The highest BCUT2D eigenvalue weighted by Crippen LogP contribution is 2.42. The molecule has 1 aliphatic rings. The lowest BCUT2D eigenvalue weighted by molar-refractivity contribution is -0.0511. The maximum Gasteiger partial charge on any atom is 0.135 e. The van der Waals surface area contributed by atoms with Crippen molar-refractivity contribution < 1.29 is 5.11 Å². The number of aromatic nitrogens is 2. The first kappa shape index (κ1) is 14.1. The smallest absolute Gasteiger partial charge is 0.135 e. The van der Waals surface area contributed by atoms with Crippen LogP contribution in [0.4, 0.5) is 11.6 Å². The molecule has 0 spiro atoms. The fourth-order valence-electron chi connectivity index (χ4n) is 2.42. The first-order valence-corrected chi connectivity index (χ1v) is 6.90. The van der Waals surface area contributed by atoms with Crippen molar-refractivity contribution >= 4 is 11.6 Å². The second-order valence-corrected chi connectivity index (χ2v) is 5.84. The summed E-state index contributed by atoms with van der Waals surface area (Å²) < 4.78 is 0. The molecule has 106 valence electrons. The number of hydrogen-bond donors (Lipinski definition) is 3. The van der Waals surface area contributed by atoms with E-state index in [1.54, 1.807) is 0 Å². The Bertz CT molecular complexity index is 473. The highest BCUT2D eigenvalue weighted by Gasteiger charge is 2.47. The molecule has 0 saturated heterocycles. The molecule has 0 aliphatic heterocycles. The topological polar surface area (TPSA) is 70.1 Å². The minimum atomic E-state index is -0.235.